The zero-order chi connectivity index (χ0) is 22.3. The van der Waals surface area contributed by atoms with Gasteiger partial charge in [0.05, 0.1) is 12.0 Å². The first-order chi connectivity index (χ1) is 14.8. The van der Waals surface area contributed by atoms with E-state index in [9.17, 15) is 22.8 Å². The molecule has 0 saturated carbocycles. The Morgan fingerprint density at radius 3 is 2.45 bits per heavy atom. The van der Waals surface area contributed by atoms with Crippen LogP contribution in [0.2, 0.25) is 0 Å². The molecular weight excluding hydrogens is 409 g/mol. The summed E-state index contributed by atoms with van der Waals surface area (Å²) in [6, 6.07) is 8.87. The lowest BCUT2D eigenvalue weighted by atomic mass is 10.2. The SMILES string of the molecule is CC(C)Cn1c(=O)c2c(ncn2Cc2ccc(F)c(F)c2)n(-c2cccc(F)c2)c1=O. The summed E-state index contributed by atoms with van der Waals surface area (Å²) in [7, 11) is 0. The zero-order valence-electron chi connectivity index (χ0n) is 16.8. The summed E-state index contributed by atoms with van der Waals surface area (Å²) in [5.41, 5.74) is -0.379. The van der Waals surface area contributed by atoms with Crippen molar-refractivity contribution in [1.82, 2.24) is 18.7 Å². The Balaban J connectivity index is 1.98. The Hall–Kier alpha value is -3.62. The van der Waals surface area contributed by atoms with Crippen LogP contribution in [0.15, 0.2) is 58.4 Å². The second-order valence-corrected chi connectivity index (χ2v) is 7.70. The second-order valence-electron chi connectivity index (χ2n) is 7.70. The summed E-state index contributed by atoms with van der Waals surface area (Å²) in [5.74, 6) is -2.53. The van der Waals surface area contributed by atoms with Gasteiger partial charge in [0.2, 0.25) is 0 Å². The van der Waals surface area contributed by atoms with Crippen LogP contribution in [0, 0.1) is 23.4 Å². The van der Waals surface area contributed by atoms with E-state index in [1.54, 1.807) is 6.07 Å². The van der Waals surface area contributed by atoms with Gasteiger partial charge in [-0.3, -0.25) is 9.36 Å². The molecule has 0 unspecified atom stereocenters. The molecule has 0 aliphatic carbocycles. The van der Waals surface area contributed by atoms with Gasteiger partial charge < -0.3 is 4.57 Å². The van der Waals surface area contributed by atoms with E-state index in [4.69, 9.17) is 0 Å². The average Bonchev–Trinajstić information content (AvgIpc) is 3.11. The van der Waals surface area contributed by atoms with Crippen LogP contribution < -0.4 is 11.2 Å². The largest absolute Gasteiger partial charge is 0.337 e. The third kappa shape index (κ3) is 3.78. The molecule has 0 radical (unpaired) electrons. The fourth-order valence-electron chi connectivity index (χ4n) is 3.51. The van der Waals surface area contributed by atoms with Crippen molar-refractivity contribution in [2.45, 2.75) is 26.9 Å². The summed E-state index contributed by atoms with van der Waals surface area (Å²) < 4.78 is 44.5. The van der Waals surface area contributed by atoms with Crippen LogP contribution in [0.25, 0.3) is 16.9 Å². The Kier molecular flexibility index (Phi) is 5.26. The minimum Gasteiger partial charge on any atom is -0.320 e. The first kappa shape index (κ1) is 20.6. The zero-order valence-corrected chi connectivity index (χ0v) is 16.8. The lowest BCUT2D eigenvalue weighted by Crippen LogP contribution is -2.41. The molecule has 0 N–H and O–H groups in total. The van der Waals surface area contributed by atoms with Gasteiger partial charge in [0, 0.05) is 13.1 Å². The van der Waals surface area contributed by atoms with Gasteiger partial charge in [-0.15, -0.1) is 0 Å². The molecule has 31 heavy (non-hydrogen) atoms. The maximum absolute atomic E-state index is 13.9. The van der Waals surface area contributed by atoms with E-state index < -0.39 is 28.7 Å². The van der Waals surface area contributed by atoms with Crippen LogP contribution in [-0.2, 0) is 13.1 Å². The monoisotopic (exact) mass is 428 g/mol. The lowest BCUT2D eigenvalue weighted by Gasteiger charge is -2.14. The summed E-state index contributed by atoms with van der Waals surface area (Å²) in [6.07, 6.45) is 1.35. The number of nitrogens with zero attached hydrogens (tertiary/aromatic N) is 4. The molecule has 9 heteroatoms. The van der Waals surface area contributed by atoms with E-state index >= 15 is 0 Å². The van der Waals surface area contributed by atoms with Crippen molar-refractivity contribution >= 4 is 11.2 Å². The number of benzene rings is 2. The van der Waals surface area contributed by atoms with Gasteiger partial charge in [-0.05, 0) is 41.8 Å². The number of aromatic nitrogens is 4. The van der Waals surface area contributed by atoms with Gasteiger partial charge >= 0.3 is 5.69 Å². The van der Waals surface area contributed by atoms with Crippen LogP contribution in [0.3, 0.4) is 0 Å². The molecule has 0 saturated heterocycles. The predicted octanol–water partition coefficient (Wildman–Crippen LogP) is 3.47. The molecule has 4 aromatic rings. The highest BCUT2D eigenvalue weighted by Crippen LogP contribution is 2.17. The quantitative estimate of drug-likeness (QED) is 0.489. The minimum absolute atomic E-state index is 0.00799. The van der Waals surface area contributed by atoms with Crippen molar-refractivity contribution in [1.29, 1.82) is 0 Å². The Bertz CT molecular complexity index is 1400. The van der Waals surface area contributed by atoms with Crippen molar-refractivity contribution < 1.29 is 13.2 Å². The molecule has 0 amide bonds. The standard InChI is InChI=1S/C22H19F3N4O2/c1-13(2)10-28-21(30)19-20(29(22(28)31)16-5-3-4-15(23)9-16)26-12-27(19)11-14-6-7-17(24)18(25)8-14/h3-9,12-13H,10-11H2,1-2H3. The number of hydrogen-bond acceptors (Lipinski definition) is 3. The Morgan fingerprint density at radius 2 is 1.77 bits per heavy atom. The highest BCUT2D eigenvalue weighted by Gasteiger charge is 2.20. The van der Waals surface area contributed by atoms with Crippen LogP contribution >= 0.6 is 0 Å². The van der Waals surface area contributed by atoms with Gasteiger partial charge in [0.25, 0.3) is 5.56 Å². The van der Waals surface area contributed by atoms with Gasteiger partial charge in [-0.1, -0.05) is 26.0 Å². The predicted molar refractivity (Wildman–Crippen MR) is 110 cm³/mol. The van der Waals surface area contributed by atoms with Crippen LogP contribution in [0.4, 0.5) is 13.2 Å². The molecule has 0 atom stereocenters. The molecule has 2 heterocycles. The van der Waals surface area contributed by atoms with Crippen molar-refractivity contribution in [2.24, 2.45) is 5.92 Å². The van der Waals surface area contributed by atoms with Gasteiger partial charge in [-0.25, -0.2) is 27.5 Å². The van der Waals surface area contributed by atoms with Crippen molar-refractivity contribution in [3.63, 3.8) is 0 Å². The molecule has 2 aromatic carbocycles. The molecule has 160 valence electrons. The number of fused-ring (bicyclic) bond motifs is 1. The highest BCUT2D eigenvalue weighted by molar-refractivity contribution is 5.72. The highest BCUT2D eigenvalue weighted by atomic mass is 19.2. The second kappa shape index (κ2) is 7.90. The fraction of sp³-hybridized carbons (Fsp3) is 0.227. The summed E-state index contributed by atoms with van der Waals surface area (Å²) in [6.45, 7) is 3.91. The molecular formula is C22H19F3N4O2. The lowest BCUT2D eigenvalue weighted by molar-refractivity contribution is 0.488. The molecule has 6 nitrogen and oxygen atoms in total. The van der Waals surface area contributed by atoms with E-state index in [0.717, 1.165) is 16.7 Å². The summed E-state index contributed by atoms with van der Waals surface area (Å²) >= 11 is 0. The molecule has 2 aromatic heterocycles. The van der Waals surface area contributed by atoms with Gasteiger partial charge in [-0.2, -0.15) is 0 Å². The first-order valence-corrected chi connectivity index (χ1v) is 9.67. The maximum Gasteiger partial charge on any atom is 0.337 e. The third-order valence-corrected chi connectivity index (χ3v) is 4.85. The maximum atomic E-state index is 13.9. The van der Waals surface area contributed by atoms with Crippen LogP contribution in [0.1, 0.15) is 19.4 Å². The third-order valence-electron chi connectivity index (χ3n) is 4.85. The van der Waals surface area contributed by atoms with E-state index in [1.165, 1.54) is 39.7 Å². The topological polar surface area (TPSA) is 61.8 Å². The van der Waals surface area contributed by atoms with E-state index in [0.29, 0.717) is 5.56 Å². The number of hydrogen-bond donors (Lipinski definition) is 0. The van der Waals surface area contributed by atoms with Crippen LogP contribution in [0.5, 0.6) is 0 Å². The first-order valence-electron chi connectivity index (χ1n) is 9.67. The minimum atomic E-state index is -1.00. The number of rotatable bonds is 5. The summed E-state index contributed by atoms with van der Waals surface area (Å²) in [5, 5.41) is 0. The Morgan fingerprint density at radius 1 is 1.00 bits per heavy atom. The smallest absolute Gasteiger partial charge is 0.320 e. The molecule has 0 aliphatic rings. The normalized spacial score (nSPS) is 11.5. The van der Waals surface area contributed by atoms with E-state index in [2.05, 4.69) is 4.98 Å². The van der Waals surface area contributed by atoms with E-state index in [-0.39, 0.29) is 35.9 Å². The Labute approximate surface area is 174 Å². The molecule has 0 fully saturated rings. The fourth-order valence-corrected chi connectivity index (χ4v) is 3.51. The van der Waals surface area contributed by atoms with Crippen molar-refractivity contribution in [3.05, 3.63) is 92.6 Å². The molecule has 0 aliphatic heterocycles. The van der Waals surface area contributed by atoms with Crippen LogP contribution in [-0.4, -0.2) is 18.7 Å². The van der Waals surface area contributed by atoms with Gasteiger partial charge in [0.1, 0.15) is 5.82 Å². The van der Waals surface area contributed by atoms with Crippen molar-refractivity contribution in [3.8, 4) is 5.69 Å². The number of halogens is 3. The number of imidazole rings is 1. The van der Waals surface area contributed by atoms with Crippen molar-refractivity contribution in [2.75, 3.05) is 0 Å². The molecule has 0 spiro atoms. The summed E-state index contributed by atoms with van der Waals surface area (Å²) in [4.78, 5) is 30.6. The average molecular weight is 428 g/mol. The van der Waals surface area contributed by atoms with E-state index in [1.807, 2.05) is 13.8 Å². The molecule has 0 bridgehead atoms. The van der Waals surface area contributed by atoms with Gasteiger partial charge in [0.15, 0.2) is 22.8 Å². The molecule has 4 rings (SSSR count).